The van der Waals surface area contributed by atoms with E-state index >= 15 is 0 Å². The average molecular weight is 386 g/mol. The highest BCUT2D eigenvalue weighted by Gasteiger charge is 2.09. The van der Waals surface area contributed by atoms with Crippen LogP contribution in [0.5, 0.6) is 5.75 Å². The molecule has 0 bridgehead atoms. The zero-order chi connectivity index (χ0) is 20.4. The highest BCUT2D eigenvalue weighted by Crippen LogP contribution is 2.15. The Hall–Kier alpha value is -3.39. The van der Waals surface area contributed by atoms with E-state index in [9.17, 15) is 14.4 Å². The number of hydrogen-bond acceptors (Lipinski definition) is 5. The van der Waals surface area contributed by atoms with Gasteiger partial charge in [0.2, 0.25) is 0 Å². The summed E-state index contributed by atoms with van der Waals surface area (Å²) in [7, 11) is 1.59. The number of methoxy groups -OCH3 is 1. The molecule has 3 N–H and O–H groups in total. The summed E-state index contributed by atoms with van der Waals surface area (Å²) >= 11 is 0. The van der Waals surface area contributed by atoms with Gasteiger partial charge in [0.05, 0.1) is 13.0 Å². The van der Waals surface area contributed by atoms with Gasteiger partial charge in [-0.15, -0.1) is 0 Å². The second kappa shape index (κ2) is 10.7. The number of ether oxygens (including phenoxy) is 2. The van der Waals surface area contributed by atoms with E-state index in [4.69, 9.17) is 14.6 Å². The third kappa shape index (κ3) is 6.73. The maximum atomic E-state index is 12.3. The van der Waals surface area contributed by atoms with Crippen LogP contribution in [0.4, 0.5) is 5.69 Å². The molecule has 0 unspecified atom stereocenters. The van der Waals surface area contributed by atoms with Gasteiger partial charge in [0, 0.05) is 30.5 Å². The fourth-order valence-corrected chi connectivity index (χ4v) is 2.24. The van der Waals surface area contributed by atoms with Gasteiger partial charge >= 0.3 is 5.97 Å². The molecule has 8 nitrogen and oxygen atoms in total. The summed E-state index contributed by atoms with van der Waals surface area (Å²) < 4.78 is 10.4. The second-order valence-electron chi connectivity index (χ2n) is 5.80. The number of amides is 2. The van der Waals surface area contributed by atoms with E-state index in [2.05, 4.69) is 10.6 Å². The molecule has 0 fully saturated rings. The van der Waals surface area contributed by atoms with Crippen LogP contribution in [-0.4, -0.2) is 49.8 Å². The molecule has 0 aliphatic heterocycles. The molecule has 8 heteroatoms. The van der Waals surface area contributed by atoms with E-state index in [-0.39, 0.29) is 24.8 Å². The zero-order valence-corrected chi connectivity index (χ0v) is 15.4. The Labute approximate surface area is 162 Å². The molecule has 2 aromatic rings. The van der Waals surface area contributed by atoms with Crippen LogP contribution in [0, 0.1) is 0 Å². The number of nitrogens with one attached hydrogen (secondary N) is 2. The predicted molar refractivity (Wildman–Crippen MR) is 103 cm³/mol. The number of aliphatic carboxylic acids is 1. The summed E-state index contributed by atoms with van der Waals surface area (Å²) in [5.74, 6) is -0.995. The molecule has 0 radical (unpaired) electrons. The van der Waals surface area contributed by atoms with Crippen LogP contribution in [0.25, 0.3) is 0 Å². The summed E-state index contributed by atoms with van der Waals surface area (Å²) in [4.78, 5) is 34.7. The molecule has 148 valence electrons. The van der Waals surface area contributed by atoms with Crippen molar-refractivity contribution in [3.63, 3.8) is 0 Å². The van der Waals surface area contributed by atoms with Gasteiger partial charge in [-0.3, -0.25) is 14.4 Å². The van der Waals surface area contributed by atoms with Gasteiger partial charge < -0.3 is 25.2 Å². The van der Waals surface area contributed by atoms with Crippen LogP contribution in [-0.2, 0) is 9.53 Å². The van der Waals surface area contributed by atoms with Crippen molar-refractivity contribution in [2.45, 2.75) is 6.42 Å². The van der Waals surface area contributed by atoms with Crippen molar-refractivity contribution in [2.24, 2.45) is 0 Å². The summed E-state index contributed by atoms with van der Waals surface area (Å²) in [6.45, 7) is 0.964. The van der Waals surface area contributed by atoms with E-state index in [0.717, 1.165) is 0 Å². The molecular formula is C20H22N2O6. The minimum Gasteiger partial charge on any atom is -0.491 e. The van der Waals surface area contributed by atoms with Crippen molar-refractivity contribution in [2.75, 3.05) is 32.2 Å². The Balaban J connectivity index is 1.88. The summed E-state index contributed by atoms with van der Waals surface area (Å²) in [6, 6.07) is 13.0. The third-order valence-corrected chi connectivity index (χ3v) is 3.70. The zero-order valence-electron chi connectivity index (χ0n) is 15.4. The first-order valence-corrected chi connectivity index (χ1v) is 8.63. The molecule has 0 saturated carbocycles. The highest BCUT2D eigenvalue weighted by atomic mass is 16.5. The van der Waals surface area contributed by atoms with Gasteiger partial charge in [-0.25, -0.2) is 0 Å². The number of rotatable bonds is 10. The topological polar surface area (TPSA) is 114 Å². The molecule has 0 saturated heterocycles. The van der Waals surface area contributed by atoms with Crippen LogP contribution >= 0.6 is 0 Å². The number of hydrogen-bond donors (Lipinski definition) is 3. The Bertz CT molecular complexity index is 802. The molecule has 0 aliphatic rings. The SMILES string of the molecule is COCCOc1ccc(C(=O)Nc2ccc(C(=O)NCCC(=O)O)cc2)cc1. The number of anilines is 1. The van der Waals surface area contributed by atoms with Crippen LogP contribution < -0.4 is 15.4 Å². The fraction of sp³-hybridized carbons (Fsp3) is 0.250. The molecule has 0 spiro atoms. The average Bonchev–Trinajstić information content (AvgIpc) is 2.69. The Morgan fingerprint density at radius 1 is 0.893 bits per heavy atom. The lowest BCUT2D eigenvalue weighted by molar-refractivity contribution is -0.136. The van der Waals surface area contributed by atoms with Crippen molar-refractivity contribution in [3.8, 4) is 5.75 Å². The number of carbonyl (C=O) groups is 3. The normalized spacial score (nSPS) is 10.2. The Morgan fingerprint density at radius 2 is 1.50 bits per heavy atom. The number of carbonyl (C=O) groups excluding carboxylic acids is 2. The predicted octanol–water partition coefficient (Wildman–Crippen LogP) is 2.17. The summed E-state index contributed by atoms with van der Waals surface area (Å²) in [5, 5.41) is 13.8. The van der Waals surface area contributed by atoms with Crippen LogP contribution in [0.15, 0.2) is 48.5 Å². The number of carboxylic acid groups (broad SMARTS) is 1. The molecule has 0 aliphatic carbocycles. The molecule has 0 atom stereocenters. The maximum absolute atomic E-state index is 12.3. The van der Waals surface area contributed by atoms with E-state index in [1.165, 1.54) is 0 Å². The van der Waals surface area contributed by atoms with Crippen molar-refractivity contribution >= 4 is 23.5 Å². The fourth-order valence-electron chi connectivity index (χ4n) is 2.24. The summed E-state index contributed by atoms with van der Waals surface area (Å²) in [6.07, 6.45) is -0.143. The van der Waals surface area contributed by atoms with Gasteiger partial charge in [0.25, 0.3) is 11.8 Å². The number of carboxylic acids is 1. The van der Waals surface area contributed by atoms with Crippen molar-refractivity contribution in [1.29, 1.82) is 0 Å². The first-order chi connectivity index (χ1) is 13.5. The van der Waals surface area contributed by atoms with Crippen molar-refractivity contribution < 1.29 is 29.0 Å². The van der Waals surface area contributed by atoms with E-state index in [1.807, 2.05) is 0 Å². The Morgan fingerprint density at radius 3 is 2.11 bits per heavy atom. The van der Waals surface area contributed by atoms with Gasteiger partial charge in [0.1, 0.15) is 12.4 Å². The molecule has 0 aromatic heterocycles. The van der Waals surface area contributed by atoms with Crippen molar-refractivity contribution in [3.05, 3.63) is 59.7 Å². The highest BCUT2D eigenvalue weighted by molar-refractivity contribution is 6.04. The third-order valence-electron chi connectivity index (χ3n) is 3.70. The molecular weight excluding hydrogens is 364 g/mol. The van der Waals surface area contributed by atoms with E-state index in [1.54, 1.807) is 55.6 Å². The largest absolute Gasteiger partial charge is 0.491 e. The molecule has 2 aromatic carbocycles. The second-order valence-corrected chi connectivity index (χ2v) is 5.80. The molecule has 2 amide bonds. The maximum Gasteiger partial charge on any atom is 0.305 e. The van der Waals surface area contributed by atoms with Crippen LogP contribution in [0.1, 0.15) is 27.1 Å². The minimum atomic E-state index is -0.979. The standard InChI is InChI=1S/C20H22N2O6/c1-27-12-13-28-17-8-4-15(5-9-17)20(26)22-16-6-2-14(3-7-16)19(25)21-11-10-18(23)24/h2-9H,10-13H2,1H3,(H,21,25)(H,22,26)(H,23,24). The molecule has 2 rings (SSSR count). The van der Waals surface area contributed by atoms with Crippen LogP contribution in [0.2, 0.25) is 0 Å². The van der Waals surface area contributed by atoms with Gasteiger partial charge in [-0.2, -0.15) is 0 Å². The lowest BCUT2D eigenvalue weighted by Gasteiger charge is -2.08. The van der Waals surface area contributed by atoms with E-state index in [0.29, 0.717) is 35.8 Å². The number of benzene rings is 2. The monoisotopic (exact) mass is 386 g/mol. The minimum absolute atomic E-state index is 0.0534. The van der Waals surface area contributed by atoms with Crippen molar-refractivity contribution in [1.82, 2.24) is 5.32 Å². The van der Waals surface area contributed by atoms with E-state index < -0.39 is 5.97 Å². The summed E-state index contributed by atoms with van der Waals surface area (Å²) in [5.41, 5.74) is 1.38. The first kappa shape index (κ1) is 20.9. The lowest BCUT2D eigenvalue weighted by Crippen LogP contribution is -2.25. The lowest BCUT2D eigenvalue weighted by atomic mass is 10.1. The quantitative estimate of drug-likeness (QED) is 0.539. The smallest absolute Gasteiger partial charge is 0.305 e. The Kier molecular flexibility index (Phi) is 7.98. The molecule has 0 heterocycles. The van der Waals surface area contributed by atoms with Gasteiger partial charge in [0.15, 0.2) is 0 Å². The van der Waals surface area contributed by atoms with Crippen LogP contribution in [0.3, 0.4) is 0 Å². The van der Waals surface area contributed by atoms with Gasteiger partial charge in [-0.05, 0) is 48.5 Å². The first-order valence-electron chi connectivity index (χ1n) is 8.63. The molecule has 28 heavy (non-hydrogen) atoms. The van der Waals surface area contributed by atoms with Gasteiger partial charge in [-0.1, -0.05) is 0 Å².